The zero-order valence-electron chi connectivity index (χ0n) is 19.3. The second kappa shape index (κ2) is 10.1. The number of thioether (sulfide) groups is 2. The topological polar surface area (TPSA) is 35.9 Å². The molecule has 2 aliphatic rings. The van der Waals surface area contributed by atoms with Crippen molar-refractivity contribution in [2.24, 2.45) is 4.99 Å². The number of carbonyl (C=O) groups is 1. The molecule has 1 unspecified atom stereocenters. The summed E-state index contributed by atoms with van der Waals surface area (Å²) in [5.41, 5.74) is 3.53. The predicted octanol–water partition coefficient (Wildman–Crippen LogP) is 6.72. The minimum absolute atomic E-state index is 0.0317. The van der Waals surface area contributed by atoms with Crippen LogP contribution in [-0.4, -0.2) is 29.1 Å². The molecule has 3 aromatic rings. The van der Waals surface area contributed by atoms with E-state index in [1.165, 1.54) is 27.9 Å². The molecule has 1 fully saturated rings. The molecule has 0 bridgehead atoms. The Bertz CT molecular complexity index is 1240. The fraction of sp³-hybridized carbons (Fsp3) is 0.214. The molecule has 4 nitrogen and oxygen atoms in total. The van der Waals surface area contributed by atoms with Gasteiger partial charge in [0.05, 0.1) is 11.7 Å². The van der Waals surface area contributed by atoms with Crippen LogP contribution in [-0.2, 0) is 11.2 Å². The first-order valence-electron chi connectivity index (χ1n) is 11.6. The van der Waals surface area contributed by atoms with E-state index in [0.717, 1.165) is 33.6 Å². The summed E-state index contributed by atoms with van der Waals surface area (Å²) in [5.74, 6) is 0.0497. The molecule has 0 aliphatic carbocycles. The Hall–Kier alpha value is -2.96. The lowest BCUT2D eigenvalue weighted by Crippen LogP contribution is -2.32. The summed E-state index contributed by atoms with van der Waals surface area (Å²) in [6, 6.07) is 28.9. The monoisotopic (exact) mass is 485 g/mol. The zero-order valence-corrected chi connectivity index (χ0v) is 21.0. The molecular formula is C28H27N3OS2. The molecule has 1 atom stereocenters. The van der Waals surface area contributed by atoms with E-state index in [2.05, 4.69) is 67.3 Å². The number of aliphatic imine (C=N–C) groups is 1. The molecule has 6 heteroatoms. The Kier molecular flexibility index (Phi) is 6.79. The number of amides is 1. The van der Waals surface area contributed by atoms with Crippen LogP contribution in [0.4, 0.5) is 5.69 Å². The first-order valence-corrected chi connectivity index (χ1v) is 13.2. The molecule has 0 radical (unpaired) electrons. The molecule has 0 spiro atoms. The molecule has 172 valence electrons. The second-order valence-corrected chi connectivity index (χ2v) is 10.2. The molecule has 0 saturated carbocycles. The smallest absolute Gasteiger partial charge is 0.269 e. The van der Waals surface area contributed by atoms with Gasteiger partial charge in [0.25, 0.3) is 5.91 Å². The number of rotatable bonds is 6. The number of amidine groups is 1. The van der Waals surface area contributed by atoms with Crippen molar-refractivity contribution in [3.63, 3.8) is 0 Å². The van der Waals surface area contributed by atoms with Crippen LogP contribution >= 0.6 is 23.5 Å². The first kappa shape index (κ1) is 22.8. The van der Waals surface area contributed by atoms with Gasteiger partial charge in [-0.2, -0.15) is 0 Å². The molecule has 0 N–H and O–H groups in total. The van der Waals surface area contributed by atoms with Crippen molar-refractivity contribution >= 4 is 40.3 Å². The summed E-state index contributed by atoms with van der Waals surface area (Å²) in [6.07, 6.45) is 0.791. The normalized spacial score (nSPS) is 19.7. The minimum atomic E-state index is -0.0317. The standard InChI is InChI=1S/C28H27N3OS2/c1-3-30-23-16-10-11-17-24(23)33-27(30)25-26(32)31(19-18-21-12-6-4-7-13-21)28(34-25)29-20(2)22-14-8-5-9-15-22/h4-17,20H,3,18-19H2,1-2H3. The fourth-order valence-electron chi connectivity index (χ4n) is 4.20. The van der Waals surface area contributed by atoms with E-state index < -0.39 is 0 Å². The van der Waals surface area contributed by atoms with Crippen LogP contribution < -0.4 is 4.90 Å². The highest BCUT2D eigenvalue weighted by Gasteiger charge is 2.39. The number of fused-ring (bicyclic) bond motifs is 1. The number of benzene rings is 3. The largest absolute Gasteiger partial charge is 0.334 e. The van der Waals surface area contributed by atoms with Crippen LogP contribution in [0.15, 0.2) is 105 Å². The van der Waals surface area contributed by atoms with Gasteiger partial charge >= 0.3 is 0 Å². The minimum Gasteiger partial charge on any atom is -0.334 e. The van der Waals surface area contributed by atoms with E-state index in [0.29, 0.717) is 6.54 Å². The van der Waals surface area contributed by atoms with E-state index in [9.17, 15) is 4.79 Å². The van der Waals surface area contributed by atoms with Gasteiger partial charge in [0.2, 0.25) is 0 Å². The molecule has 5 rings (SSSR count). The van der Waals surface area contributed by atoms with Crippen molar-refractivity contribution < 1.29 is 4.79 Å². The van der Waals surface area contributed by atoms with Crippen LogP contribution in [0.25, 0.3) is 0 Å². The average molecular weight is 486 g/mol. The van der Waals surface area contributed by atoms with E-state index >= 15 is 0 Å². The summed E-state index contributed by atoms with van der Waals surface area (Å²) in [7, 11) is 0. The molecule has 1 saturated heterocycles. The predicted molar refractivity (Wildman–Crippen MR) is 144 cm³/mol. The average Bonchev–Trinajstić information content (AvgIpc) is 3.40. The summed E-state index contributed by atoms with van der Waals surface area (Å²) in [6.45, 7) is 5.64. The van der Waals surface area contributed by atoms with Crippen molar-refractivity contribution in [1.29, 1.82) is 0 Å². The maximum Gasteiger partial charge on any atom is 0.269 e. The van der Waals surface area contributed by atoms with Gasteiger partial charge in [-0.1, -0.05) is 84.6 Å². The Morgan fingerprint density at radius 3 is 2.26 bits per heavy atom. The summed E-state index contributed by atoms with van der Waals surface area (Å²) < 4.78 is 0. The fourth-order valence-corrected chi connectivity index (χ4v) is 6.68. The van der Waals surface area contributed by atoms with Crippen LogP contribution in [0.5, 0.6) is 0 Å². The van der Waals surface area contributed by atoms with Gasteiger partial charge < -0.3 is 4.90 Å². The lowest BCUT2D eigenvalue weighted by atomic mass is 10.1. The third-order valence-corrected chi connectivity index (χ3v) is 8.43. The molecule has 1 amide bonds. The number of para-hydroxylation sites is 1. The zero-order chi connectivity index (χ0) is 23.5. The number of hydrogen-bond acceptors (Lipinski definition) is 5. The number of carbonyl (C=O) groups excluding carboxylic acids is 1. The lowest BCUT2D eigenvalue weighted by Gasteiger charge is -2.19. The van der Waals surface area contributed by atoms with E-state index in [1.54, 1.807) is 11.8 Å². The van der Waals surface area contributed by atoms with E-state index in [-0.39, 0.29) is 11.9 Å². The van der Waals surface area contributed by atoms with Gasteiger partial charge in [0, 0.05) is 18.0 Å². The van der Waals surface area contributed by atoms with Crippen LogP contribution in [0, 0.1) is 0 Å². The van der Waals surface area contributed by atoms with Crippen LogP contribution in [0.1, 0.15) is 31.0 Å². The third kappa shape index (κ3) is 4.52. The number of nitrogens with zero attached hydrogens (tertiary/aromatic N) is 3. The Morgan fingerprint density at radius 1 is 0.853 bits per heavy atom. The number of anilines is 1. The van der Waals surface area contributed by atoms with Gasteiger partial charge in [-0.3, -0.25) is 14.7 Å². The lowest BCUT2D eigenvalue weighted by molar-refractivity contribution is -0.122. The van der Waals surface area contributed by atoms with Crippen LogP contribution in [0.3, 0.4) is 0 Å². The van der Waals surface area contributed by atoms with Crippen LogP contribution in [0.2, 0.25) is 0 Å². The second-order valence-electron chi connectivity index (χ2n) is 8.24. The molecule has 2 heterocycles. The third-order valence-electron chi connectivity index (χ3n) is 6.03. The highest BCUT2D eigenvalue weighted by atomic mass is 32.2. The highest BCUT2D eigenvalue weighted by Crippen LogP contribution is 2.50. The van der Waals surface area contributed by atoms with Crippen molar-refractivity contribution in [2.75, 3.05) is 18.0 Å². The van der Waals surface area contributed by atoms with Crippen molar-refractivity contribution in [1.82, 2.24) is 4.90 Å². The van der Waals surface area contributed by atoms with Gasteiger partial charge in [-0.05, 0) is 55.3 Å². The molecule has 3 aromatic carbocycles. The number of hydrogen-bond donors (Lipinski definition) is 0. The first-order chi connectivity index (χ1) is 16.7. The van der Waals surface area contributed by atoms with Gasteiger partial charge in [-0.15, -0.1) is 0 Å². The Morgan fingerprint density at radius 2 is 1.53 bits per heavy atom. The Labute approximate surface area is 209 Å². The highest BCUT2D eigenvalue weighted by molar-refractivity contribution is 8.19. The maximum atomic E-state index is 13.8. The molecule has 34 heavy (non-hydrogen) atoms. The van der Waals surface area contributed by atoms with Gasteiger partial charge in [0.1, 0.15) is 9.93 Å². The summed E-state index contributed by atoms with van der Waals surface area (Å²) >= 11 is 3.20. The Balaban J connectivity index is 1.49. The van der Waals surface area contributed by atoms with E-state index in [4.69, 9.17) is 4.99 Å². The molecular weight excluding hydrogens is 458 g/mol. The van der Waals surface area contributed by atoms with Crippen molar-refractivity contribution in [3.8, 4) is 0 Å². The van der Waals surface area contributed by atoms with Gasteiger partial charge in [0.15, 0.2) is 5.17 Å². The van der Waals surface area contributed by atoms with E-state index in [1.807, 2.05) is 41.3 Å². The van der Waals surface area contributed by atoms with Crippen molar-refractivity contribution in [2.45, 2.75) is 31.2 Å². The summed E-state index contributed by atoms with van der Waals surface area (Å²) in [5, 5.41) is 1.80. The van der Waals surface area contributed by atoms with Gasteiger partial charge in [-0.25, -0.2) is 0 Å². The SMILES string of the molecule is CCN1C(=C2SC(=NC(C)c3ccccc3)N(CCc3ccccc3)C2=O)Sc2ccccc21. The van der Waals surface area contributed by atoms with Crippen molar-refractivity contribution in [3.05, 3.63) is 106 Å². The quantitative estimate of drug-likeness (QED) is 0.363. The molecule has 0 aromatic heterocycles. The maximum absolute atomic E-state index is 13.8. The summed E-state index contributed by atoms with van der Waals surface area (Å²) in [4.78, 5) is 24.9. The molecule has 2 aliphatic heterocycles.